The van der Waals surface area contributed by atoms with Crippen molar-refractivity contribution in [2.45, 2.75) is 44.4 Å². The molecule has 178 valence electrons. The lowest BCUT2D eigenvalue weighted by Gasteiger charge is -2.27. The van der Waals surface area contributed by atoms with Crippen LogP contribution in [0.3, 0.4) is 0 Å². The number of carbonyl (C=O) groups excluding carboxylic acids is 2. The van der Waals surface area contributed by atoms with E-state index in [2.05, 4.69) is 21.2 Å². The summed E-state index contributed by atoms with van der Waals surface area (Å²) in [7, 11) is 0. The van der Waals surface area contributed by atoms with Gasteiger partial charge in [-0.25, -0.2) is 4.98 Å². The lowest BCUT2D eigenvalue weighted by Crippen LogP contribution is -2.39. The van der Waals surface area contributed by atoms with E-state index in [9.17, 15) is 9.59 Å². The largest absolute Gasteiger partial charge is 0.382 e. The summed E-state index contributed by atoms with van der Waals surface area (Å²) in [6.07, 6.45) is 4.12. The van der Waals surface area contributed by atoms with E-state index in [1.54, 1.807) is 11.1 Å². The molecule has 2 amide bonds. The normalized spacial score (nSPS) is 21.4. The van der Waals surface area contributed by atoms with E-state index in [1.165, 1.54) is 16.9 Å². The number of pyridine rings is 1. The van der Waals surface area contributed by atoms with Crippen LogP contribution in [0.25, 0.3) is 0 Å². The van der Waals surface area contributed by atoms with Gasteiger partial charge in [-0.05, 0) is 36.5 Å². The second-order valence-electron chi connectivity index (χ2n) is 9.05. The van der Waals surface area contributed by atoms with E-state index >= 15 is 0 Å². The number of carbonyl (C=O) groups is 2. The van der Waals surface area contributed by atoms with Crippen LogP contribution in [0.5, 0.6) is 0 Å². The summed E-state index contributed by atoms with van der Waals surface area (Å²) in [5.41, 5.74) is 4.35. The molecule has 1 aromatic carbocycles. The number of aromatic nitrogens is 2. The maximum atomic E-state index is 13.3. The molecule has 3 aliphatic heterocycles. The van der Waals surface area contributed by atoms with E-state index in [0.29, 0.717) is 31.7 Å². The summed E-state index contributed by atoms with van der Waals surface area (Å²) < 4.78 is 0. The number of hydrogen-bond donors (Lipinski definition) is 0. The van der Waals surface area contributed by atoms with Crippen molar-refractivity contribution >= 4 is 28.9 Å². The fraction of sp³-hybridized carbons (Fsp3) is 0.346. The molecule has 0 aliphatic carbocycles. The Labute approximate surface area is 207 Å². The highest BCUT2D eigenvalue weighted by Gasteiger charge is 2.39. The van der Waals surface area contributed by atoms with Gasteiger partial charge in [-0.3, -0.25) is 14.6 Å². The molecule has 1 unspecified atom stereocenters. The highest BCUT2D eigenvalue weighted by Crippen LogP contribution is 2.35. The highest BCUT2D eigenvalue weighted by atomic mass is 32.1. The SMILES string of the molecule is O=C(c1csc([C@H]2CCCN2C(=O)C2CC(c3ccccc3)=NO2)n1)N1CCc2cccnc2C1. The van der Waals surface area contributed by atoms with E-state index in [1.807, 2.05) is 46.7 Å². The molecule has 0 saturated carbocycles. The molecule has 3 aromatic rings. The fourth-order valence-corrected chi connectivity index (χ4v) is 5.95. The summed E-state index contributed by atoms with van der Waals surface area (Å²) in [4.78, 5) is 44.8. The lowest BCUT2D eigenvalue weighted by molar-refractivity contribution is -0.143. The number of benzene rings is 1. The molecule has 0 spiro atoms. The molecule has 6 rings (SSSR count). The summed E-state index contributed by atoms with van der Waals surface area (Å²) in [5, 5.41) is 6.79. The van der Waals surface area contributed by atoms with Gasteiger partial charge in [0.25, 0.3) is 11.8 Å². The Morgan fingerprint density at radius 1 is 1.09 bits per heavy atom. The van der Waals surface area contributed by atoms with Crippen molar-refractivity contribution in [1.82, 2.24) is 19.8 Å². The summed E-state index contributed by atoms with van der Waals surface area (Å²) in [6.45, 7) is 1.81. The van der Waals surface area contributed by atoms with Gasteiger partial charge in [0.15, 0.2) is 0 Å². The van der Waals surface area contributed by atoms with Gasteiger partial charge in [0, 0.05) is 31.1 Å². The van der Waals surface area contributed by atoms with Crippen LogP contribution in [0.15, 0.2) is 59.2 Å². The van der Waals surface area contributed by atoms with Crippen LogP contribution in [0.1, 0.15) is 57.6 Å². The van der Waals surface area contributed by atoms with Crippen molar-refractivity contribution in [2.75, 3.05) is 13.1 Å². The Kier molecular flexibility index (Phi) is 5.77. The number of fused-ring (bicyclic) bond motifs is 1. The number of oxime groups is 1. The molecule has 9 heteroatoms. The minimum Gasteiger partial charge on any atom is -0.382 e. The van der Waals surface area contributed by atoms with Gasteiger partial charge in [0.05, 0.1) is 24.0 Å². The zero-order valence-corrected chi connectivity index (χ0v) is 20.0. The monoisotopic (exact) mass is 487 g/mol. The maximum absolute atomic E-state index is 13.3. The van der Waals surface area contributed by atoms with E-state index in [0.717, 1.165) is 41.2 Å². The van der Waals surface area contributed by atoms with Crippen LogP contribution in [0, 0.1) is 0 Å². The van der Waals surface area contributed by atoms with Gasteiger partial charge in [0.2, 0.25) is 6.10 Å². The molecule has 0 bridgehead atoms. The molecule has 8 nitrogen and oxygen atoms in total. The summed E-state index contributed by atoms with van der Waals surface area (Å²) in [6, 6.07) is 13.7. The molecule has 2 atom stereocenters. The van der Waals surface area contributed by atoms with E-state index in [4.69, 9.17) is 4.84 Å². The van der Waals surface area contributed by atoms with Gasteiger partial charge in [-0.1, -0.05) is 41.6 Å². The number of amides is 2. The Bertz CT molecular complexity index is 1290. The predicted molar refractivity (Wildman–Crippen MR) is 131 cm³/mol. The number of hydrogen-bond acceptors (Lipinski definition) is 7. The topological polar surface area (TPSA) is 88.0 Å². The molecule has 0 radical (unpaired) electrons. The Hall–Kier alpha value is -3.59. The summed E-state index contributed by atoms with van der Waals surface area (Å²) >= 11 is 1.45. The Morgan fingerprint density at radius 2 is 1.97 bits per heavy atom. The molecule has 35 heavy (non-hydrogen) atoms. The fourth-order valence-electron chi connectivity index (χ4n) is 5.01. The van der Waals surface area contributed by atoms with Gasteiger partial charge >= 0.3 is 0 Å². The van der Waals surface area contributed by atoms with E-state index < -0.39 is 6.10 Å². The number of likely N-dealkylation sites (tertiary alicyclic amines) is 1. The molecule has 0 N–H and O–H groups in total. The van der Waals surface area contributed by atoms with Crippen LogP contribution < -0.4 is 0 Å². The van der Waals surface area contributed by atoms with Crippen molar-refractivity contribution in [3.8, 4) is 0 Å². The quantitative estimate of drug-likeness (QED) is 0.561. The Balaban J connectivity index is 1.13. The third-order valence-corrected chi connectivity index (χ3v) is 7.82. The first-order valence-corrected chi connectivity index (χ1v) is 12.8. The highest BCUT2D eigenvalue weighted by molar-refractivity contribution is 7.09. The minimum absolute atomic E-state index is 0.0658. The molecule has 5 heterocycles. The van der Waals surface area contributed by atoms with Crippen LogP contribution in [-0.2, 0) is 22.6 Å². The molecular formula is C26H25N5O3S. The first-order valence-electron chi connectivity index (χ1n) is 11.9. The van der Waals surface area contributed by atoms with Crippen LogP contribution in [-0.4, -0.2) is 56.5 Å². The molecule has 1 fully saturated rings. The van der Waals surface area contributed by atoms with Crippen LogP contribution in [0.2, 0.25) is 0 Å². The predicted octanol–water partition coefficient (Wildman–Crippen LogP) is 3.59. The second kappa shape index (κ2) is 9.22. The van der Waals surface area contributed by atoms with Crippen LogP contribution in [0.4, 0.5) is 0 Å². The molecule has 2 aromatic heterocycles. The third-order valence-electron chi connectivity index (χ3n) is 6.88. The third kappa shape index (κ3) is 4.20. The standard InChI is InChI=1S/C26H25N5O3S/c32-25(30-13-10-18-8-4-11-27-20(18)15-30)21-16-35-24(28-21)22-9-5-12-31(22)26(33)23-14-19(29-34-23)17-6-2-1-3-7-17/h1-4,6-8,11,16,22-23H,5,9-10,12-15H2/t22-,23?/m1/s1. The van der Waals surface area contributed by atoms with Crippen molar-refractivity contribution < 1.29 is 14.4 Å². The first kappa shape index (κ1) is 21.9. The number of thiazole rings is 1. The summed E-state index contributed by atoms with van der Waals surface area (Å²) in [5.74, 6) is -0.149. The van der Waals surface area contributed by atoms with Gasteiger partial charge in [0.1, 0.15) is 10.7 Å². The van der Waals surface area contributed by atoms with Gasteiger partial charge in [-0.2, -0.15) is 0 Å². The number of rotatable bonds is 4. The van der Waals surface area contributed by atoms with E-state index in [-0.39, 0.29) is 17.9 Å². The molecule has 3 aliphatic rings. The maximum Gasteiger partial charge on any atom is 0.273 e. The Morgan fingerprint density at radius 3 is 2.86 bits per heavy atom. The van der Waals surface area contributed by atoms with Crippen molar-refractivity contribution in [1.29, 1.82) is 0 Å². The minimum atomic E-state index is -0.618. The average molecular weight is 488 g/mol. The van der Waals surface area contributed by atoms with Crippen molar-refractivity contribution in [3.63, 3.8) is 0 Å². The van der Waals surface area contributed by atoms with Crippen molar-refractivity contribution in [3.05, 3.63) is 81.6 Å². The zero-order valence-electron chi connectivity index (χ0n) is 19.2. The van der Waals surface area contributed by atoms with Crippen molar-refractivity contribution in [2.24, 2.45) is 5.16 Å². The van der Waals surface area contributed by atoms with Gasteiger partial charge < -0.3 is 14.6 Å². The lowest BCUT2D eigenvalue weighted by atomic mass is 10.0. The zero-order chi connectivity index (χ0) is 23.8. The van der Waals surface area contributed by atoms with Gasteiger partial charge in [-0.15, -0.1) is 11.3 Å². The number of nitrogens with zero attached hydrogens (tertiary/aromatic N) is 5. The molecule has 1 saturated heterocycles. The first-order chi connectivity index (χ1) is 17.2. The smallest absolute Gasteiger partial charge is 0.273 e. The molecular weight excluding hydrogens is 462 g/mol. The second-order valence-corrected chi connectivity index (χ2v) is 9.94. The van der Waals surface area contributed by atoms with Crippen LogP contribution >= 0.6 is 11.3 Å². The average Bonchev–Trinajstić information content (AvgIpc) is 3.68.